The second-order valence-corrected chi connectivity index (χ2v) is 6.50. The molecular weight excluding hydrogens is 292 g/mol. The summed E-state index contributed by atoms with van der Waals surface area (Å²) in [5.41, 5.74) is 1.06. The summed E-state index contributed by atoms with van der Waals surface area (Å²) in [6, 6.07) is 7.46. The van der Waals surface area contributed by atoms with Crippen LogP contribution in [0.25, 0.3) is 0 Å². The normalized spacial score (nSPS) is 12.9. The average Bonchev–Trinajstić information content (AvgIpc) is 2.97. The Balaban J connectivity index is 1.87. The van der Waals surface area contributed by atoms with Crippen LogP contribution in [0.3, 0.4) is 0 Å². The largest absolute Gasteiger partial charge is 0.390 e. The third kappa shape index (κ3) is 5.83. The molecule has 1 heterocycles. The fourth-order valence-corrected chi connectivity index (χ4v) is 2.23. The molecule has 6 heteroatoms. The number of aliphatic hydroxyl groups is 1. The van der Waals surface area contributed by atoms with Gasteiger partial charge in [-0.2, -0.15) is 5.10 Å². The van der Waals surface area contributed by atoms with E-state index in [0.29, 0.717) is 18.5 Å². The molecule has 6 nitrogen and oxygen atoms in total. The Bertz CT molecular complexity index is 615. The monoisotopic (exact) mass is 316 g/mol. The highest BCUT2D eigenvalue weighted by Crippen LogP contribution is 2.14. The van der Waals surface area contributed by atoms with Gasteiger partial charge in [-0.15, -0.1) is 0 Å². The lowest BCUT2D eigenvalue weighted by Gasteiger charge is -2.17. The van der Waals surface area contributed by atoms with Crippen LogP contribution in [0.1, 0.15) is 43.1 Å². The first kappa shape index (κ1) is 17.1. The second kappa shape index (κ2) is 7.37. The van der Waals surface area contributed by atoms with Crippen LogP contribution in [0.2, 0.25) is 0 Å². The van der Waals surface area contributed by atoms with Gasteiger partial charge in [-0.05, 0) is 51.3 Å². The first-order chi connectivity index (χ1) is 10.8. The third-order valence-electron chi connectivity index (χ3n) is 3.55. The summed E-state index contributed by atoms with van der Waals surface area (Å²) >= 11 is 0. The third-order valence-corrected chi connectivity index (χ3v) is 3.55. The zero-order valence-electron chi connectivity index (χ0n) is 13.9. The SMILES string of the molecule is C[C@H](Cn1cncn1)NC(=O)c1ccc(CCC(C)(C)O)cc1. The van der Waals surface area contributed by atoms with E-state index >= 15 is 0 Å². The van der Waals surface area contributed by atoms with Gasteiger partial charge in [0.1, 0.15) is 12.7 Å². The summed E-state index contributed by atoms with van der Waals surface area (Å²) in [7, 11) is 0. The van der Waals surface area contributed by atoms with Crippen molar-refractivity contribution in [3.8, 4) is 0 Å². The summed E-state index contributed by atoms with van der Waals surface area (Å²) in [5.74, 6) is -0.105. The number of aromatic nitrogens is 3. The molecular formula is C17H24N4O2. The molecule has 2 aromatic rings. The quantitative estimate of drug-likeness (QED) is 0.816. The maximum atomic E-state index is 12.2. The van der Waals surface area contributed by atoms with Crippen LogP contribution in [-0.4, -0.2) is 37.4 Å². The van der Waals surface area contributed by atoms with Gasteiger partial charge in [0, 0.05) is 11.6 Å². The standard InChI is InChI=1S/C17H24N4O2/c1-13(10-21-12-18-11-19-21)20-16(22)15-6-4-14(5-7-15)8-9-17(2,3)23/h4-7,11-13,23H,8-10H2,1-3H3,(H,20,22)/t13-/m1/s1. The molecule has 0 aliphatic rings. The van der Waals surface area contributed by atoms with Gasteiger partial charge < -0.3 is 10.4 Å². The van der Waals surface area contributed by atoms with Crippen molar-refractivity contribution in [2.24, 2.45) is 0 Å². The highest BCUT2D eigenvalue weighted by Gasteiger charge is 2.13. The maximum absolute atomic E-state index is 12.2. The summed E-state index contributed by atoms with van der Waals surface area (Å²) in [4.78, 5) is 16.1. The molecule has 2 N–H and O–H groups in total. The van der Waals surface area contributed by atoms with Crippen molar-refractivity contribution >= 4 is 5.91 Å². The molecule has 0 fully saturated rings. The molecule has 0 unspecified atom stereocenters. The number of hydrogen-bond acceptors (Lipinski definition) is 4. The van der Waals surface area contributed by atoms with Crippen molar-refractivity contribution in [1.82, 2.24) is 20.1 Å². The van der Waals surface area contributed by atoms with Crippen molar-refractivity contribution in [2.45, 2.75) is 51.8 Å². The van der Waals surface area contributed by atoms with E-state index in [2.05, 4.69) is 15.4 Å². The highest BCUT2D eigenvalue weighted by molar-refractivity contribution is 5.94. The van der Waals surface area contributed by atoms with Gasteiger partial charge in [-0.3, -0.25) is 9.48 Å². The van der Waals surface area contributed by atoms with E-state index in [1.165, 1.54) is 6.33 Å². The van der Waals surface area contributed by atoms with Crippen LogP contribution in [0.15, 0.2) is 36.9 Å². The van der Waals surface area contributed by atoms with Crippen molar-refractivity contribution in [3.63, 3.8) is 0 Å². The van der Waals surface area contributed by atoms with Crippen LogP contribution < -0.4 is 5.32 Å². The Morgan fingerprint density at radius 3 is 2.61 bits per heavy atom. The Labute approximate surface area is 136 Å². The van der Waals surface area contributed by atoms with Gasteiger partial charge in [0.15, 0.2) is 0 Å². The van der Waals surface area contributed by atoms with Gasteiger partial charge in [0.05, 0.1) is 12.1 Å². The van der Waals surface area contributed by atoms with Crippen molar-refractivity contribution in [2.75, 3.05) is 0 Å². The number of nitrogens with zero attached hydrogens (tertiary/aromatic N) is 3. The molecule has 0 aliphatic carbocycles. The molecule has 1 amide bonds. The molecule has 124 valence electrons. The highest BCUT2D eigenvalue weighted by atomic mass is 16.3. The molecule has 1 atom stereocenters. The van der Waals surface area contributed by atoms with E-state index in [4.69, 9.17) is 0 Å². The number of hydrogen-bond donors (Lipinski definition) is 2. The molecule has 1 aromatic heterocycles. The van der Waals surface area contributed by atoms with Crippen LogP contribution in [0.4, 0.5) is 0 Å². The first-order valence-corrected chi connectivity index (χ1v) is 7.78. The van der Waals surface area contributed by atoms with Gasteiger partial charge in [-0.25, -0.2) is 4.98 Å². The Hall–Kier alpha value is -2.21. The van der Waals surface area contributed by atoms with Gasteiger partial charge in [-0.1, -0.05) is 12.1 Å². The molecule has 2 rings (SSSR count). The zero-order valence-corrected chi connectivity index (χ0v) is 13.9. The van der Waals surface area contributed by atoms with Crippen LogP contribution in [0.5, 0.6) is 0 Å². The molecule has 1 aromatic carbocycles. The Morgan fingerprint density at radius 1 is 1.35 bits per heavy atom. The van der Waals surface area contributed by atoms with E-state index in [9.17, 15) is 9.90 Å². The molecule has 23 heavy (non-hydrogen) atoms. The van der Waals surface area contributed by atoms with Crippen molar-refractivity contribution in [1.29, 1.82) is 0 Å². The smallest absolute Gasteiger partial charge is 0.251 e. The minimum atomic E-state index is -0.674. The van der Waals surface area contributed by atoms with Crippen LogP contribution in [-0.2, 0) is 13.0 Å². The predicted octanol–water partition coefficient (Wildman–Crippen LogP) is 1.80. The number of rotatable bonds is 7. The number of aryl methyl sites for hydroxylation is 1. The number of carbonyl (C=O) groups excluding carboxylic acids is 1. The molecule has 0 radical (unpaired) electrons. The van der Waals surface area contributed by atoms with E-state index in [1.54, 1.807) is 24.9 Å². The first-order valence-electron chi connectivity index (χ1n) is 7.78. The topological polar surface area (TPSA) is 80.0 Å². The van der Waals surface area contributed by atoms with Gasteiger partial charge in [0.25, 0.3) is 5.91 Å². The van der Waals surface area contributed by atoms with E-state index in [1.807, 2.05) is 31.2 Å². The number of nitrogens with one attached hydrogen (secondary N) is 1. The minimum absolute atomic E-state index is 0.0425. The predicted molar refractivity (Wildman–Crippen MR) is 88.0 cm³/mol. The van der Waals surface area contributed by atoms with E-state index < -0.39 is 5.60 Å². The zero-order chi connectivity index (χ0) is 16.9. The fraction of sp³-hybridized carbons (Fsp3) is 0.471. The average molecular weight is 316 g/mol. The van der Waals surface area contributed by atoms with Crippen LogP contribution in [0, 0.1) is 0 Å². The maximum Gasteiger partial charge on any atom is 0.251 e. The Kier molecular flexibility index (Phi) is 5.50. The summed E-state index contributed by atoms with van der Waals surface area (Å²) in [6.45, 7) is 6.10. The molecule has 0 aliphatic heterocycles. The summed E-state index contributed by atoms with van der Waals surface area (Å²) < 4.78 is 1.69. The molecule has 0 spiro atoms. The fourth-order valence-electron chi connectivity index (χ4n) is 2.23. The lowest BCUT2D eigenvalue weighted by Crippen LogP contribution is -2.35. The summed E-state index contributed by atoms with van der Waals surface area (Å²) in [6.07, 6.45) is 4.57. The molecule has 0 saturated carbocycles. The minimum Gasteiger partial charge on any atom is -0.390 e. The van der Waals surface area contributed by atoms with Crippen molar-refractivity contribution in [3.05, 3.63) is 48.0 Å². The lowest BCUT2D eigenvalue weighted by atomic mass is 9.98. The van der Waals surface area contributed by atoms with Crippen LogP contribution >= 0.6 is 0 Å². The van der Waals surface area contributed by atoms with E-state index in [0.717, 1.165) is 12.0 Å². The van der Waals surface area contributed by atoms with Crippen molar-refractivity contribution < 1.29 is 9.90 Å². The molecule has 0 saturated heterocycles. The molecule has 0 bridgehead atoms. The second-order valence-electron chi connectivity index (χ2n) is 6.50. The number of amides is 1. The number of carbonyl (C=O) groups is 1. The number of benzene rings is 1. The van der Waals surface area contributed by atoms with Gasteiger partial charge >= 0.3 is 0 Å². The van der Waals surface area contributed by atoms with Gasteiger partial charge in [0.2, 0.25) is 0 Å². The summed E-state index contributed by atoms with van der Waals surface area (Å²) in [5, 5.41) is 16.7. The Morgan fingerprint density at radius 2 is 2.04 bits per heavy atom. The van der Waals surface area contributed by atoms with E-state index in [-0.39, 0.29) is 11.9 Å². The lowest BCUT2D eigenvalue weighted by molar-refractivity contribution is 0.0713.